The number of alkyl halides is 3. The molecular formula is C12H12F3NO2S. The van der Waals surface area contributed by atoms with Gasteiger partial charge in [0.25, 0.3) is 0 Å². The molecule has 1 rings (SSSR count). The maximum atomic E-state index is 12.5. The van der Waals surface area contributed by atoms with E-state index in [-0.39, 0.29) is 6.42 Å². The summed E-state index contributed by atoms with van der Waals surface area (Å²) < 4.78 is 63.4. The molecule has 0 spiro atoms. The van der Waals surface area contributed by atoms with Gasteiger partial charge in [-0.2, -0.15) is 13.2 Å². The predicted octanol–water partition coefficient (Wildman–Crippen LogP) is 2.40. The van der Waals surface area contributed by atoms with Crippen molar-refractivity contribution in [2.24, 2.45) is 0 Å². The SMILES string of the molecule is C#CCC(C)NS(=O)(=O)c1cccc(C(F)(F)F)c1. The van der Waals surface area contributed by atoms with Crippen LogP contribution in [0.3, 0.4) is 0 Å². The van der Waals surface area contributed by atoms with Crippen molar-refractivity contribution in [1.29, 1.82) is 0 Å². The minimum Gasteiger partial charge on any atom is -0.207 e. The van der Waals surface area contributed by atoms with E-state index < -0.39 is 32.7 Å². The summed E-state index contributed by atoms with van der Waals surface area (Å²) in [5.74, 6) is 2.27. The van der Waals surface area contributed by atoms with Crippen molar-refractivity contribution in [2.75, 3.05) is 0 Å². The van der Waals surface area contributed by atoms with Gasteiger partial charge in [-0.25, -0.2) is 13.1 Å². The van der Waals surface area contributed by atoms with Crippen molar-refractivity contribution in [3.8, 4) is 12.3 Å². The second-order valence-corrected chi connectivity index (χ2v) is 5.67. The molecule has 1 unspecified atom stereocenters. The Labute approximate surface area is 109 Å². The third kappa shape index (κ3) is 4.26. The van der Waals surface area contributed by atoms with Crippen molar-refractivity contribution in [1.82, 2.24) is 4.72 Å². The van der Waals surface area contributed by atoms with Gasteiger partial charge in [0.2, 0.25) is 10.0 Å². The molecule has 0 aliphatic rings. The number of hydrogen-bond donors (Lipinski definition) is 1. The van der Waals surface area contributed by atoms with E-state index in [1.807, 2.05) is 0 Å². The minimum absolute atomic E-state index is 0.151. The summed E-state index contributed by atoms with van der Waals surface area (Å²) in [6.07, 6.45) is 0.598. The van der Waals surface area contributed by atoms with Crippen LogP contribution in [-0.2, 0) is 16.2 Å². The van der Waals surface area contributed by atoms with Gasteiger partial charge in [-0.15, -0.1) is 12.3 Å². The van der Waals surface area contributed by atoms with Gasteiger partial charge in [-0.05, 0) is 25.1 Å². The van der Waals surface area contributed by atoms with E-state index in [4.69, 9.17) is 6.42 Å². The predicted molar refractivity (Wildman–Crippen MR) is 64.7 cm³/mol. The molecule has 0 saturated heterocycles. The molecule has 1 N–H and O–H groups in total. The lowest BCUT2D eigenvalue weighted by molar-refractivity contribution is -0.137. The van der Waals surface area contributed by atoms with Gasteiger partial charge in [0.1, 0.15) is 0 Å². The van der Waals surface area contributed by atoms with Crippen molar-refractivity contribution < 1.29 is 21.6 Å². The summed E-state index contributed by atoms with van der Waals surface area (Å²) in [4.78, 5) is -0.439. The highest BCUT2D eigenvalue weighted by molar-refractivity contribution is 7.89. The van der Waals surface area contributed by atoms with Gasteiger partial charge in [-0.1, -0.05) is 6.07 Å². The van der Waals surface area contributed by atoms with Crippen LogP contribution in [0.4, 0.5) is 13.2 Å². The van der Waals surface area contributed by atoms with E-state index >= 15 is 0 Å². The average Bonchev–Trinajstić information content (AvgIpc) is 2.27. The fraction of sp³-hybridized carbons (Fsp3) is 0.333. The molecule has 0 saturated carbocycles. The molecule has 0 aromatic heterocycles. The van der Waals surface area contributed by atoms with Crippen LogP contribution in [-0.4, -0.2) is 14.5 Å². The first-order chi connectivity index (χ1) is 8.66. The Morgan fingerprint density at radius 1 is 1.42 bits per heavy atom. The Morgan fingerprint density at radius 3 is 2.58 bits per heavy atom. The number of terminal acetylenes is 1. The van der Waals surface area contributed by atoms with Crippen LogP contribution in [0, 0.1) is 12.3 Å². The molecule has 0 amide bonds. The molecule has 0 aliphatic heterocycles. The van der Waals surface area contributed by atoms with Crippen molar-refractivity contribution in [3.05, 3.63) is 29.8 Å². The molecule has 0 bridgehead atoms. The first kappa shape index (κ1) is 15.5. The zero-order valence-electron chi connectivity index (χ0n) is 10.0. The maximum Gasteiger partial charge on any atom is 0.416 e. The van der Waals surface area contributed by atoms with Gasteiger partial charge in [0.15, 0.2) is 0 Å². The Morgan fingerprint density at radius 2 is 2.05 bits per heavy atom. The Hall–Kier alpha value is -1.52. The highest BCUT2D eigenvalue weighted by atomic mass is 32.2. The molecule has 0 aliphatic carbocycles. The molecule has 0 radical (unpaired) electrons. The second kappa shape index (κ2) is 5.63. The summed E-state index contributed by atoms with van der Waals surface area (Å²) >= 11 is 0. The first-order valence-corrected chi connectivity index (χ1v) is 6.78. The van der Waals surface area contributed by atoms with E-state index in [2.05, 4.69) is 10.6 Å². The summed E-state index contributed by atoms with van der Waals surface area (Å²) in [5, 5.41) is 0. The van der Waals surface area contributed by atoms with Crippen molar-refractivity contribution in [2.45, 2.75) is 30.5 Å². The first-order valence-electron chi connectivity index (χ1n) is 5.30. The lowest BCUT2D eigenvalue weighted by Gasteiger charge is -2.13. The average molecular weight is 291 g/mol. The lowest BCUT2D eigenvalue weighted by atomic mass is 10.2. The standard InChI is InChI=1S/C12H12F3NO2S/c1-3-5-9(2)16-19(17,18)11-7-4-6-10(8-11)12(13,14)15/h1,4,6-9,16H,5H2,2H3. The largest absolute Gasteiger partial charge is 0.416 e. The Balaban J connectivity index is 3.06. The number of rotatable bonds is 4. The molecular weight excluding hydrogens is 279 g/mol. The monoisotopic (exact) mass is 291 g/mol. The maximum absolute atomic E-state index is 12.5. The molecule has 104 valence electrons. The molecule has 1 aromatic rings. The van der Waals surface area contributed by atoms with Crippen molar-refractivity contribution in [3.63, 3.8) is 0 Å². The summed E-state index contributed by atoms with van der Waals surface area (Å²) in [7, 11) is -4.01. The van der Waals surface area contributed by atoms with Crippen LogP contribution in [0.15, 0.2) is 29.2 Å². The van der Waals surface area contributed by atoms with Gasteiger partial charge in [-0.3, -0.25) is 0 Å². The number of sulfonamides is 1. The van der Waals surface area contributed by atoms with Gasteiger partial charge in [0.05, 0.1) is 10.5 Å². The summed E-state index contributed by atoms with van der Waals surface area (Å²) in [6, 6.07) is 2.99. The summed E-state index contributed by atoms with van der Waals surface area (Å²) in [5.41, 5.74) is -1.01. The fourth-order valence-electron chi connectivity index (χ4n) is 1.39. The molecule has 3 nitrogen and oxygen atoms in total. The number of benzene rings is 1. The number of hydrogen-bond acceptors (Lipinski definition) is 2. The highest BCUT2D eigenvalue weighted by Gasteiger charge is 2.31. The highest BCUT2D eigenvalue weighted by Crippen LogP contribution is 2.30. The molecule has 1 aromatic carbocycles. The van der Waals surface area contributed by atoms with Crippen LogP contribution < -0.4 is 4.72 Å². The molecule has 19 heavy (non-hydrogen) atoms. The van der Waals surface area contributed by atoms with Gasteiger partial charge < -0.3 is 0 Å². The number of nitrogens with one attached hydrogen (secondary N) is 1. The van der Waals surface area contributed by atoms with Crippen LogP contribution in [0.2, 0.25) is 0 Å². The van der Waals surface area contributed by atoms with E-state index in [0.717, 1.165) is 18.2 Å². The fourth-order valence-corrected chi connectivity index (χ4v) is 2.68. The van der Waals surface area contributed by atoms with Crippen LogP contribution in [0.25, 0.3) is 0 Å². The Kier molecular flexibility index (Phi) is 4.61. The molecule has 0 heterocycles. The van der Waals surface area contributed by atoms with Crippen LogP contribution in [0.5, 0.6) is 0 Å². The minimum atomic E-state index is -4.59. The van der Waals surface area contributed by atoms with Crippen molar-refractivity contribution >= 4 is 10.0 Å². The zero-order valence-corrected chi connectivity index (χ0v) is 10.8. The van der Waals surface area contributed by atoms with Crippen LogP contribution in [0.1, 0.15) is 18.9 Å². The van der Waals surface area contributed by atoms with E-state index in [1.54, 1.807) is 0 Å². The topological polar surface area (TPSA) is 46.2 Å². The van der Waals surface area contributed by atoms with Crippen LogP contribution >= 0.6 is 0 Å². The molecule has 1 atom stereocenters. The quantitative estimate of drug-likeness (QED) is 0.866. The van der Waals surface area contributed by atoms with E-state index in [1.165, 1.54) is 6.92 Å². The third-order valence-electron chi connectivity index (χ3n) is 2.25. The molecule has 0 fully saturated rings. The Bertz CT molecular complexity index is 588. The third-order valence-corrected chi connectivity index (χ3v) is 3.84. The van der Waals surface area contributed by atoms with Gasteiger partial charge in [0, 0.05) is 12.5 Å². The van der Waals surface area contributed by atoms with E-state index in [0.29, 0.717) is 6.07 Å². The summed E-state index contributed by atoms with van der Waals surface area (Å²) in [6.45, 7) is 1.53. The van der Waals surface area contributed by atoms with E-state index in [9.17, 15) is 21.6 Å². The van der Waals surface area contributed by atoms with Gasteiger partial charge >= 0.3 is 6.18 Å². The molecule has 7 heteroatoms. The smallest absolute Gasteiger partial charge is 0.207 e. The number of halogens is 3. The lowest BCUT2D eigenvalue weighted by Crippen LogP contribution is -2.32. The zero-order chi connectivity index (χ0) is 14.7. The normalized spacial score (nSPS) is 13.8. The second-order valence-electron chi connectivity index (χ2n) is 3.96.